The van der Waals surface area contributed by atoms with Gasteiger partial charge in [0.2, 0.25) is 5.91 Å². The van der Waals surface area contributed by atoms with Gasteiger partial charge >= 0.3 is 0 Å². The summed E-state index contributed by atoms with van der Waals surface area (Å²) < 4.78 is 0. The molecule has 5 heteroatoms. The zero-order valence-corrected chi connectivity index (χ0v) is 17.3. The molecule has 1 N–H and O–H groups in total. The van der Waals surface area contributed by atoms with Gasteiger partial charge in [0.1, 0.15) is 0 Å². The second-order valence-corrected chi connectivity index (χ2v) is 8.90. The average Bonchev–Trinajstić information content (AvgIpc) is 2.70. The fraction of sp³-hybridized carbons (Fsp3) is 0.136. The van der Waals surface area contributed by atoms with Gasteiger partial charge in [-0.2, -0.15) is 0 Å². The first-order valence-electron chi connectivity index (χ1n) is 8.60. The van der Waals surface area contributed by atoms with Crippen molar-refractivity contribution in [3.63, 3.8) is 0 Å². The van der Waals surface area contributed by atoms with Crippen LogP contribution in [0.15, 0.2) is 88.7 Å². The Morgan fingerprint density at radius 3 is 2.26 bits per heavy atom. The van der Waals surface area contributed by atoms with Crippen LogP contribution in [-0.2, 0) is 10.5 Å². The van der Waals surface area contributed by atoms with Gasteiger partial charge in [0.25, 0.3) is 0 Å². The van der Waals surface area contributed by atoms with Crippen LogP contribution in [0.1, 0.15) is 12.5 Å². The lowest BCUT2D eigenvalue weighted by Gasteiger charge is -2.12. The maximum atomic E-state index is 12.4. The molecule has 0 aliphatic rings. The summed E-state index contributed by atoms with van der Waals surface area (Å²) in [6.45, 7) is 1.90. The third-order valence-electron chi connectivity index (χ3n) is 3.87. The van der Waals surface area contributed by atoms with Gasteiger partial charge in [0.15, 0.2) is 0 Å². The number of thioether (sulfide) groups is 2. The van der Waals surface area contributed by atoms with E-state index in [-0.39, 0.29) is 11.2 Å². The lowest BCUT2D eigenvalue weighted by molar-refractivity contribution is -0.115. The van der Waals surface area contributed by atoms with Crippen LogP contribution >= 0.6 is 35.1 Å². The Kier molecular flexibility index (Phi) is 7.27. The van der Waals surface area contributed by atoms with Crippen molar-refractivity contribution in [3.8, 4) is 0 Å². The molecule has 0 radical (unpaired) electrons. The standard InChI is InChI=1S/C22H20ClNOS2/c1-16(27-21-13-9-18(23)10-14-21)22(25)24-19-11-7-17(8-12-19)15-26-20-5-3-2-4-6-20/h2-14,16H,15H2,1H3,(H,24,25)/t16-/m0/s1. The van der Waals surface area contributed by atoms with E-state index < -0.39 is 0 Å². The molecule has 0 unspecified atom stereocenters. The van der Waals surface area contributed by atoms with Crippen LogP contribution in [0.25, 0.3) is 0 Å². The van der Waals surface area contributed by atoms with Crippen molar-refractivity contribution in [1.29, 1.82) is 0 Å². The number of anilines is 1. The Bertz CT molecular complexity index is 867. The van der Waals surface area contributed by atoms with Crippen molar-refractivity contribution >= 4 is 46.7 Å². The Hall–Kier alpha value is -1.88. The molecule has 3 aromatic carbocycles. The topological polar surface area (TPSA) is 29.1 Å². The first-order valence-corrected chi connectivity index (χ1v) is 10.8. The van der Waals surface area contributed by atoms with Crippen LogP contribution in [0, 0.1) is 0 Å². The maximum Gasteiger partial charge on any atom is 0.237 e. The van der Waals surface area contributed by atoms with Crippen molar-refractivity contribution in [1.82, 2.24) is 0 Å². The molecule has 1 amide bonds. The Balaban J connectivity index is 1.51. The minimum absolute atomic E-state index is 0.0126. The molecule has 27 heavy (non-hydrogen) atoms. The lowest BCUT2D eigenvalue weighted by atomic mass is 10.2. The molecule has 138 valence electrons. The molecule has 2 nitrogen and oxygen atoms in total. The largest absolute Gasteiger partial charge is 0.325 e. The molecular formula is C22H20ClNOS2. The van der Waals surface area contributed by atoms with E-state index >= 15 is 0 Å². The molecule has 0 aliphatic carbocycles. The smallest absolute Gasteiger partial charge is 0.237 e. The highest BCUT2D eigenvalue weighted by Crippen LogP contribution is 2.26. The number of rotatable bonds is 7. The van der Waals surface area contributed by atoms with Crippen molar-refractivity contribution < 1.29 is 4.79 Å². The van der Waals surface area contributed by atoms with Gasteiger partial charge in [-0.3, -0.25) is 4.79 Å². The normalized spacial score (nSPS) is 11.8. The number of benzene rings is 3. The summed E-state index contributed by atoms with van der Waals surface area (Å²) in [6.07, 6.45) is 0. The van der Waals surface area contributed by atoms with Gasteiger partial charge in [0.05, 0.1) is 5.25 Å². The molecule has 0 fully saturated rings. The fourth-order valence-corrected chi connectivity index (χ4v) is 4.25. The highest BCUT2D eigenvalue weighted by molar-refractivity contribution is 8.00. The number of carbonyl (C=O) groups is 1. The lowest BCUT2D eigenvalue weighted by Crippen LogP contribution is -2.22. The SMILES string of the molecule is C[C@H](Sc1ccc(Cl)cc1)C(=O)Nc1ccc(CSc2ccccc2)cc1. The molecule has 0 heterocycles. The average molecular weight is 414 g/mol. The Labute approximate surface area is 173 Å². The summed E-state index contributed by atoms with van der Waals surface area (Å²) in [5, 5.41) is 3.48. The Morgan fingerprint density at radius 1 is 0.926 bits per heavy atom. The summed E-state index contributed by atoms with van der Waals surface area (Å²) in [4.78, 5) is 14.7. The molecule has 3 aromatic rings. The van der Waals surface area contributed by atoms with Gasteiger partial charge in [-0.25, -0.2) is 0 Å². The van der Waals surface area contributed by atoms with E-state index in [1.165, 1.54) is 22.2 Å². The molecule has 1 atom stereocenters. The predicted molar refractivity (Wildman–Crippen MR) is 118 cm³/mol. The van der Waals surface area contributed by atoms with Crippen LogP contribution in [0.3, 0.4) is 0 Å². The number of hydrogen-bond acceptors (Lipinski definition) is 3. The minimum Gasteiger partial charge on any atom is -0.325 e. The van der Waals surface area contributed by atoms with Crippen molar-refractivity contribution in [3.05, 3.63) is 89.4 Å². The van der Waals surface area contributed by atoms with E-state index in [4.69, 9.17) is 11.6 Å². The summed E-state index contributed by atoms with van der Waals surface area (Å²) in [5.74, 6) is 0.891. The van der Waals surface area contributed by atoms with Crippen molar-refractivity contribution in [2.45, 2.75) is 27.7 Å². The van der Waals surface area contributed by atoms with Crippen LogP contribution in [0.2, 0.25) is 5.02 Å². The van der Waals surface area contributed by atoms with E-state index in [2.05, 4.69) is 29.6 Å². The molecule has 0 bridgehead atoms. The van der Waals surface area contributed by atoms with Crippen LogP contribution in [-0.4, -0.2) is 11.2 Å². The third-order valence-corrected chi connectivity index (χ3v) is 6.31. The summed E-state index contributed by atoms with van der Waals surface area (Å²) in [6, 6.07) is 25.9. The number of carbonyl (C=O) groups excluding carboxylic acids is 1. The van der Waals surface area contributed by atoms with Crippen molar-refractivity contribution in [2.24, 2.45) is 0 Å². The van der Waals surface area contributed by atoms with E-state index in [1.54, 1.807) is 11.8 Å². The van der Waals surface area contributed by atoms with Gasteiger partial charge in [0, 0.05) is 26.3 Å². The van der Waals surface area contributed by atoms with Crippen molar-refractivity contribution in [2.75, 3.05) is 5.32 Å². The third kappa shape index (κ3) is 6.35. The molecule has 0 aliphatic heterocycles. The first kappa shape index (κ1) is 19.9. The monoisotopic (exact) mass is 413 g/mol. The zero-order chi connectivity index (χ0) is 19.1. The summed E-state index contributed by atoms with van der Waals surface area (Å²) in [5.41, 5.74) is 2.04. The van der Waals surface area contributed by atoms with Crippen LogP contribution in [0.4, 0.5) is 5.69 Å². The van der Waals surface area contributed by atoms with Gasteiger partial charge in [-0.1, -0.05) is 41.9 Å². The molecule has 0 aromatic heterocycles. The highest BCUT2D eigenvalue weighted by atomic mass is 35.5. The number of amides is 1. The maximum absolute atomic E-state index is 12.4. The second kappa shape index (κ2) is 9.88. The molecule has 0 saturated heterocycles. The molecule has 0 spiro atoms. The second-order valence-electron chi connectivity index (χ2n) is 6.00. The van der Waals surface area contributed by atoms with Gasteiger partial charge in [-0.15, -0.1) is 23.5 Å². The number of hydrogen-bond donors (Lipinski definition) is 1. The first-order chi connectivity index (χ1) is 13.1. The Morgan fingerprint density at radius 2 is 1.59 bits per heavy atom. The zero-order valence-electron chi connectivity index (χ0n) is 14.9. The summed E-state index contributed by atoms with van der Waals surface area (Å²) >= 11 is 9.21. The highest BCUT2D eigenvalue weighted by Gasteiger charge is 2.14. The predicted octanol–water partition coefficient (Wildman–Crippen LogP) is 6.75. The number of nitrogens with one attached hydrogen (secondary N) is 1. The van der Waals surface area contributed by atoms with Crippen LogP contribution in [0.5, 0.6) is 0 Å². The van der Waals surface area contributed by atoms with E-state index in [1.807, 2.05) is 61.5 Å². The molecule has 0 saturated carbocycles. The molecular weight excluding hydrogens is 394 g/mol. The van der Waals surface area contributed by atoms with E-state index in [0.29, 0.717) is 5.02 Å². The minimum atomic E-state index is -0.195. The van der Waals surface area contributed by atoms with Gasteiger partial charge < -0.3 is 5.32 Å². The fourth-order valence-electron chi connectivity index (χ4n) is 2.38. The quantitative estimate of drug-likeness (QED) is 0.434. The number of halogens is 1. The van der Waals surface area contributed by atoms with E-state index in [9.17, 15) is 4.79 Å². The van der Waals surface area contributed by atoms with Gasteiger partial charge in [-0.05, 0) is 61.0 Å². The van der Waals surface area contributed by atoms with Crippen LogP contribution < -0.4 is 5.32 Å². The molecule has 3 rings (SSSR count). The summed E-state index contributed by atoms with van der Waals surface area (Å²) in [7, 11) is 0. The van der Waals surface area contributed by atoms with E-state index in [0.717, 1.165) is 16.3 Å².